The summed E-state index contributed by atoms with van der Waals surface area (Å²) in [5, 5.41) is 1.52. The van der Waals surface area contributed by atoms with Gasteiger partial charge in [0.2, 0.25) is 0 Å². The second-order valence-corrected chi connectivity index (χ2v) is 7.83. The van der Waals surface area contributed by atoms with Crippen LogP contribution in [0.5, 0.6) is 0 Å². The third-order valence-corrected chi connectivity index (χ3v) is 6.04. The van der Waals surface area contributed by atoms with Gasteiger partial charge in [-0.05, 0) is 48.0 Å². The van der Waals surface area contributed by atoms with Gasteiger partial charge in [-0.25, -0.2) is 12.8 Å². The lowest BCUT2D eigenvalue weighted by atomic mass is 10.2. The zero-order chi connectivity index (χ0) is 19.3. The molecule has 0 aliphatic heterocycles. The molecule has 1 atom stereocenters. The number of nitrogens with one attached hydrogen (secondary N) is 1. The topological polar surface area (TPSA) is 89.0 Å². The van der Waals surface area contributed by atoms with Crippen LogP contribution in [0, 0.1) is 5.82 Å². The molecule has 1 N–H and O–H groups in total. The van der Waals surface area contributed by atoms with Crippen LogP contribution in [0.4, 0.5) is 4.39 Å². The Morgan fingerprint density at radius 3 is 2.44 bits per heavy atom. The first-order valence-electron chi connectivity index (χ1n) is 8.07. The van der Waals surface area contributed by atoms with Gasteiger partial charge in [-0.2, -0.15) is 0 Å². The van der Waals surface area contributed by atoms with Crippen molar-refractivity contribution in [2.24, 2.45) is 0 Å². The maximum Gasteiger partial charge on any atom is 0.269 e. The van der Waals surface area contributed by atoms with E-state index in [9.17, 15) is 17.6 Å². The van der Waals surface area contributed by atoms with Crippen LogP contribution in [0.3, 0.4) is 0 Å². The van der Waals surface area contributed by atoms with Gasteiger partial charge in [0.1, 0.15) is 16.8 Å². The number of hydrogen-bond acceptors (Lipinski definition) is 5. The fourth-order valence-electron chi connectivity index (χ4n) is 2.53. The van der Waals surface area contributed by atoms with E-state index >= 15 is 0 Å². The Balaban J connectivity index is 1.90. The molecule has 1 amide bonds. The molecule has 27 heavy (non-hydrogen) atoms. The van der Waals surface area contributed by atoms with Crippen molar-refractivity contribution in [2.45, 2.75) is 10.1 Å². The number of amides is 1. The largest absolute Gasteiger partial charge is 0.349 e. The second-order valence-electron chi connectivity index (χ2n) is 5.70. The quantitative estimate of drug-likeness (QED) is 0.659. The van der Waals surface area contributed by atoms with Crippen molar-refractivity contribution in [3.63, 3.8) is 0 Å². The van der Waals surface area contributed by atoms with Crippen molar-refractivity contribution in [3.05, 3.63) is 90.3 Å². The van der Waals surface area contributed by atoms with Crippen molar-refractivity contribution >= 4 is 15.7 Å². The summed E-state index contributed by atoms with van der Waals surface area (Å²) in [5.41, 5.74) is 0.602. The third kappa shape index (κ3) is 4.35. The molecule has 1 aromatic carbocycles. The first-order chi connectivity index (χ1) is 13.0. The average molecular weight is 385 g/mol. The number of carbonyl (C=O) groups is 1. The Hall–Kier alpha value is -3.13. The zero-order valence-corrected chi connectivity index (χ0v) is 14.9. The van der Waals surface area contributed by atoms with Crippen LogP contribution < -0.4 is 5.32 Å². The molecule has 8 heteroatoms. The number of hydrogen-bond donors (Lipinski definition) is 1. The fraction of sp³-hybridized carbons (Fsp3) is 0.105. The molecule has 0 spiro atoms. The highest BCUT2D eigenvalue weighted by atomic mass is 32.2. The first kappa shape index (κ1) is 18.7. The first-order valence-corrected chi connectivity index (χ1v) is 9.62. The third-order valence-electron chi connectivity index (χ3n) is 3.92. The minimum atomic E-state index is -3.89. The summed E-state index contributed by atoms with van der Waals surface area (Å²) >= 11 is 0. The van der Waals surface area contributed by atoms with Gasteiger partial charge in [-0.1, -0.05) is 12.1 Å². The molecule has 6 nitrogen and oxygen atoms in total. The highest BCUT2D eigenvalue weighted by Gasteiger charge is 2.30. The number of benzene rings is 1. The van der Waals surface area contributed by atoms with E-state index in [2.05, 4.69) is 15.3 Å². The van der Waals surface area contributed by atoms with E-state index in [1.165, 1.54) is 36.8 Å². The number of pyridine rings is 2. The van der Waals surface area contributed by atoms with Gasteiger partial charge in [0.15, 0.2) is 9.84 Å². The predicted octanol–water partition coefficient (Wildman–Crippen LogP) is 2.56. The molecule has 138 valence electrons. The molecular formula is C19H16FN3O3S. The molecule has 0 aliphatic rings. The minimum absolute atomic E-state index is 0.0372. The fourth-order valence-corrected chi connectivity index (χ4v) is 4.18. The van der Waals surface area contributed by atoms with Gasteiger partial charge in [0, 0.05) is 25.1 Å². The van der Waals surface area contributed by atoms with Crippen molar-refractivity contribution in [1.29, 1.82) is 0 Å². The monoisotopic (exact) mass is 385 g/mol. The van der Waals surface area contributed by atoms with E-state index in [0.29, 0.717) is 5.56 Å². The lowest BCUT2D eigenvalue weighted by Gasteiger charge is -2.18. The van der Waals surface area contributed by atoms with Crippen molar-refractivity contribution < 1.29 is 17.6 Å². The molecule has 0 aliphatic carbocycles. The Morgan fingerprint density at radius 1 is 1.04 bits per heavy atom. The zero-order valence-electron chi connectivity index (χ0n) is 14.1. The summed E-state index contributed by atoms with van der Waals surface area (Å²) in [7, 11) is -3.89. The Kier molecular flexibility index (Phi) is 5.56. The molecule has 0 bridgehead atoms. The Labute approximate surface area is 156 Å². The maximum atomic E-state index is 13.2. The van der Waals surface area contributed by atoms with Crippen LogP contribution in [0.1, 0.15) is 21.3 Å². The number of sulfone groups is 1. The number of aromatic nitrogens is 2. The molecule has 2 heterocycles. The smallest absolute Gasteiger partial charge is 0.269 e. The van der Waals surface area contributed by atoms with Crippen LogP contribution in [0.2, 0.25) is 0 Å². The summed E-state index contributed by atoms with van der Waals surface area (Å²) in [5.74, 6) is -1.02. The molecule has 0 fully saturated rings. The highest BCUT2D eigenvalue weighted by Crippen LogP contribution is 2.28. The van der Waals surface area contributed by atoms with Crippen molar-refractivity contribution in [3.8, 4) is 0 Å². The standard InChI is InChI=1S/C19H16FN3O3S/c20-15-6-8-16(9-7-15)27(25,26)18(14-4-3-10-21-12-14)13-23-19(24)17-5-1-2-11-22-17/h1-12,18H,13H2,(H,23,24)/t18-/m0/s1. The average Bonchev–Trinajstić information content (AvgIpc) is 2.69. The van der Waals surface area contributed by atoms with Crippen LogP contribution in [0.25, 0.3) is 0 Å². The SMILES string of the molecule is O=C(NC[C@@H](c1cccnc1)S(=O)(=O)c1ccc(F)cc1)c1ccccn1. The molecule has 3 rings (SSSR count). The van der Waals surface area contributed by atoms with E-state index in [4.69, 9.17) is 0 Å². The summed E-state index contributed by atoms with van der Waals surface area (Å²) in [4.78, 5) is 20.1. The Bertz CT molecular complexity index is 1010. The van der Waals surface area contributed by atoms with Crippen LogP contribution in [0.15, 0.2) is 78.1 Å². The summed E-state index contributed by atoms with van der Waals surface area (Å²) in [6.45, 7) is -0.180. The molecule has 2 aromatic heterocycles. The lowest BCUT2D eigenvalue weighted by Crippen LogP contribution is -2.32. The van der Waals surface area contributed by atoms with Gasteiger partial charge in [-0.15, -0.1) is 0 Å². The van der Waals surface area contributed by atoms with Crippen LogP contribution in [-0.4, -0.2) is 30.8 Å². The van der Waals surface area contributed by atoms with Gasteiger partial charge < -0.3 is 5.32 Å². The number of rotatable bonds is 6. The van der Waals surface area contributed by atoms with E-state index in [1.807, 2.05) is 0 Å². The number of nitrogens with zero attached hydrogens (tertiary/aromatic N) is 2. The molecule has 3 aromatic rings. The number of halogens is 1. The molecule has 0 saturated heterocycles. The molecule has 0 saturated carbocycles. The number of carbonyl (C=O) groups excluding carboxylic acids is 1. The van der Waals surface area contributed by atoms with E-state index in [1.54, 1.807) is 24.3 Å². The van der Waals surface area contributed by atoms with Crippen molar-refractivity contribution in [2.75, 3.05) is 6.54 Å². The summed E-state index contributed by atoms with van der Waals surface area (Å²) < 4.78 is 39.3. The minimum Gasteiger partial charge on any atom is -0.349 e. The van der Waals surface area contributed by atoms with E-state index in [-0.39, 0.29) is 17.1 Å². The summed E-state index contributed by atoms with van der Waals surface area (Å²) in [6, 6.07) is 12.7. The molecular weight excluding hydrogens is 369 g/mol. The maximum absolute atomic E-state index is 13.2. The van der Waals surface area contributed by atoms with Gasteiger partial charge >= 0.3 is 0 Å². The van der Waals surface area contributed by atoms with E-state index in [0.717, 1.165) is 12.1 Å². The van der Waals surface area contributed by atoms with Crippen molar-refractivity contribution in [1.82, 2.24) is 15.3 Å². The molecule has 0 unspecified atom stereocenters. The van der Waals surface area contributed by atoms with Gasteiger partial charge in [-0.3, -0.25) is 14.8 Å². The summed E-state index contributed by atoms with van der Waals surface area (Å²) in [6.07, 6.45) is 4.43. The van der Waals surface area contributed by atoms with Gasteiger partial charge in [0.25, 0.3) is 5.91 Å². The second kappa shape index (κ2) is 8.05. The molecule has 0 radical (unpaired) electrons. The predicted molar refractivity (Wildman–Crippen MR) is 97.1 cm³/mol. The highest BCUT2D eigenvalue weighted by molar-refractivity contribution is 7.91. The van der Waals surface area contributed by atoms with Gasteiger partial charge in [0.05, 0.1) is 4.90 Å². The normalized spacial score (nSPS) is 12.3. The van der Waals surface area contributed by atoms with E-state index < -0.39 is 26.8 Å². The Morgan fingerprint density at radius 2 is 1.81 bits per heavy atom. The van der Waals surface area contributed by atoms with Crippen LogP contribution in [-0.2, 0) is 9.84 Å². The van der Waals surface area contributed by atoms with Crippen LogP contribution >= 0.6 is 0 Å². The lowest BCUT2D eigenvalue weighted by molar-refractivity contribution is 0.0948.